The van der Waals surface area contributed by atoms with Crippen molar-refractivity contribution >= 4 is 22.7 Å². The number of aliphatic hydroxyl groups is 1. The van der Waals surface area contributed by atoms with Gasteiger partial charge in [0, 0.05) is 12.2 Å². The summed E-state index contributed by atoms with van der Waals surface area (Å²) in [6, 6.07) is 4.83. The monoisotopic (exact) mass is 274 g/mol. The molecule has 0 aliphatic carbocycles. The minimum atomic E-state index is -4.37. The second kappa shape index (κ2) is 4.96. The van der Waals surface area contributed by atoms with Crippen molar-refractivity contribution in [2.24, 2.45) is 0 Å². The lowest BCUT2D eigenvalue weighted by Gasteiger charge is -2.22. The highest BCUT2D eigenvalue weighted by Gasteiger charge is 2.31. The fourth-order valence-electron chi connectivity index (χ4n) is 1.76. The standard InChI is InChI=1S/C11H13F3N4O/c12-11(13,14)6-18(3-4-19)10-16-8-2-1-7(15)5-9(8)17-10/h1-2,5,19H,3-4,6,15H2,(H,16,17). The summed E-state index contributed by atoms with van der Waals surface area (Å²) in [5.74, 6) is 0.0620. The highest BCUT2D eigenvalue weighted by Crippen LogP contribution is 2.23. The third-order valence-corrected chi connectivity index (χ3v) is 2.53. The van der Waals surface area contributed by atoms with Gasteiger partial charge >= 0.3 is 6.18 Å². The van der Waals surface area contributed by atoms with Gasteiger partial charge in [-0.25, -0.2) is 4.98 Å². The highest BCUT2D eigenvalue weighted by molar-refractivity contribution is 5.80. The maximum absolute atomic E-state index is 12.4. The van der Waals surface area contributed by atoms with Gasteiger partial charge in [-0.15, -0.1) is 0 Å². The van der Waals surface area contributed by atoms with Crippen molar-refractivity contribution in [1.29, 1.82) is 0 Å². The number of imidazole rings is 1. The Morgan fingerprint density at radius 1 is 1.37 bits per heavy atom. The molecule has 0 spiro atoms. The Balaban J connectivity index is 2.33. The Hall–Kier alpha value is -1.96. The molecule has 0 saturated carbocycles. The number of nitrogens with zero attached hydrogens (tertiary/aromatic N) is 2. The van der Waals surface area contributed by atoms with Crippen molar-refractivity contribution in [2.45, 2.75) is 6.18 Å². The molecule has 1 aromatic heterocycles. The van der Waals surface area contributed by atoms with Crippen LogP contribution in [-0.2, 0) is 0 Å². The van der Waals surface area contributed by atoms with E-state index in [1.807, 2.05) is 0 Å². The first-order chi connectivity index (χ1) is 8.89. The molecule has 5 nitrogen and oxygen atoms in total. The first kappa shape index (κ1) is 13.5. The van der Waals surface area contributed by atoms with Crippen LogP contribution >= 0.6 is 0 Å². The average Bonchev–Trinajstić information content (AvgIpc) is 2.69. The minimum Gasteiger partial charge on any atom is -0.399 e. The second-order valence-corrected chi connectivity index (χ2v) is 4.10. The van der Waals surface area contributed by atoms with E-state index >= 15 is 0 Å². The number of H-pyrrole nitrogens is 1. The van der Waals surface area contributed by atoms with Gasteiger partial charge in [-0.2, -0.15) is 13.2 Å². The summed E-state index contributed by atoms with van der Waals surface area (Å²) in [4.78, 5) is 7.77. The molecular formula is C11H13F3N4O. The van der Waals surface area contributed by atoms with Crippen molar-refractivity contribution in [3.63, 3.8) is 0 Å². The molecule has 1 aromatic carbocycles. The van der Waals surface area contributed by atoms with Gasteiger partial charge in [0.05, 0.1) is 17.6 Å². The van der Waals surface area contributed by atoms with E-state index in [-0.39, 0.29) is 12.5 Å². The zero-order valence-corrected chi connectivity index (χ0v) is 9.91. The first-order valence-corrected chi connectivity index (χ1v) is 5.57. The van der Waals surface area contributed by atoms with Gasteiger partial charge in [0.2, 0.25) is 5.95 Å². The van der Waals surface area contributed by atoms with Crippen LogP contribution in [0, 0.1) is 0 Å². The number of benzene rings is 1. The van der Waals surface area contributed by atoms with Crippen LogP contribution in [-0.4, -0.2) is 40.9 Å². The minimum absolute atomic E-state index is 0.0620. The number of aromatic nitrogens is 2. The molecule has 0 saturated heterocycles. The Kier molecular flexibility index (Phi) is 3.52. The molecule has 0 radical (unpaired) electrons. The van der Waals surface area contributed by atoms with Crippen LogP contribution in [0.2, 0.25) is 0 Å². The number of halogens is 3. The Labute approximate surface area is 106 Å². The summed E-state index contributed by atoms with van der Waals surface area (Å²) in [7, 11) is 0. The maximum atomic E-state index is 12.4. The lowest BCUT2D eigenvalue weighted by molar-refractivity contribution is -0.120. The number of aliphatic hydroxyl groups excluding tert-OH is 1. The molecule has 8 heteroatoms. The maximum Gasteiger partial charge on any atom is 0.406 e. The number of rotatable bonds is 4. The highest BCUT2D eigenvalue weighted by atomic mass is 19.4. The number of nitrogen functional groups attached to an aromatic ring is 1. The van der Waals surface area contributed by atoms with E-state index in [1.165, 1.54) is 0 Å². The quantitative estimate of drug-likeness (QED) is 0.738. The molecule has 104 valence electrons. The summed E-state index contributed by atoms with van der Waals surface area (Å²) >= 11 is 0. The van der Waals surface area contributed by atoms with Crippen molar-refractivity contribution in [1.82, 2.24) is 9.97 Å². The fraction of sp³-hybridized carbons (Fsp3) is 0.364. The van der Waals surface area contributed by atoms with Crippen LogP contribution in [0.25, 0.3) is 11.0 Å². The number of alkyl halides is 3. The van der Waals surface area contributed by atoms with E-state index in [9.17, 15) is 13.2 Å². The molecule has 1 heterocycles. The SMILES string of the molecule is Nc1ccc2nc(N(CCO)CC(F)(F)F)[nH]c2c1. The third kappa shape index (κ3) is 3.28. The lowest BCUT2D eigenvalue weighted by Crippen LogP contribution is -2.36. The molecule has 2 aromatic rings. The van der Waals surface area contributed by atoms with Gasteiger partial charge in [-0.05, 0) is 18.2 Å². The average molecular weight is 274 g/mol. The van der Waals surface area contributed by atoms with Crippen molar-refractivity contribution in [3.8, 4) is 0 Å². The van der Waals surface area contributed by atoms with Crippen molar-refractivity contribution < 1.29 is 18.3 Å². The first-order valence-electron chi connectivity index (χ1n) is 5.57. The molecule has 0 atom stereocenters. The summed E-state index contributed by atoms with van der Waals surface area (Å²) in [5, 5.41) is 8.84. The fourth-order valence-corrected chi connectivity index (χ4v) is 1.76. The van der Waals surface area contributed by atoms with Gasteiger partial charge in [0.15, 0.2) is 0 Å². The van der Waals surface area contributed by atoms with Crippen molar-refractivity contribution in [3.05, 3.63) is 18.2 Å². The number of anilines is 2. The zero-order chi connectivity index (χ0) is 14.0. The largest absolute Gasteiger partial charge is 0.406 e. The number of nitrogens with one attached hydrogen (secondary N) is 1. The Morgan fingerprint density at radius 3 is 2.74 bits per heavy atom. The summed E-state index contributed by atoms with van der Waals surface area (Å²) < 4.78 is 37.3. The molecule has 0 bridgehead atoms. The van der Waals surface area contributed by atoms with E-state index in [1.54, 1.807) is 18.2 Å². The van der Waals surface area contributed by atoms with E-state index in [2.05, 4.69) is 9.97 Å². The van der Waals surface area contributed by atoms with E-state index in [0.717, 1.165) is 4.90 Å². The smallest absolute Gasteiger partial charge is 0.399 e. The second-order valence-electron chi connectivity index (χ2n) is 4.10. The van der Waals surface area contributed by atoms with Crippen LogP contribution in [0.15, 0.2) is 18.2 Å². The molecule has 0 fully saturated rings. The number of hydrogen-bond acceptors (Lipinski definition) is 4. The van der Waals surface area contributed by atoms with Crippen LogP contribution in [0.3, 0.4) is 0 Å². The Morgan fingerprint density at radius 2 is 2.11 bits per heavy atom. The predicted octanol–water partition coefficient (Wildman–Crippen LogP) is 1.51. The number of hydrogen-bond donors (Lipinski definition) is 3. The lowest BCUT2D eigenvalue weighted by atomic mass is 10.3. The van der Waals surface area contributed by atoms with Crippen LogP contribution < -0.4 is 10.6 Å². The molecule has 19 heavy (non-hydrogen) atoms. The third-order valence-electron chi connectivity index (χ3n) is 2.53. The summed E-state index contributed by atoms with van der Waals surface area (Å²) in [6.07, 6.45) is -4.37. The molecule has 0 amide bonds. The van der Waals surface area contributed by atoms with Crippen LogP contribution in [0.1, 0.15) is 0 Å². The molecule has 0 aliphatic heterocycles. The molecular weight excluding hydrogens is 261 g/mol. The summed E-state index contributed by atoms with van der Waals surface area (Å²) in [6.45, 7) is -1.73. The number of nitrogens with two attached hydrogens (primary N) is 1. The normalized spacial score (nSPS) is 12.0. The van der Waals surface area contributed by atoms with Gasteiger partial charge in [0.25, 0.3) is 0 Å². The van der Waals surface area contributed by atoms with Gasteiger partial charge in [0.1, 0.15) is 6.54 Å². The van der Waals surface area contributed by atoms with Crippen LogP contribution in [0.4, 0.5) is 24.8 Å². The predicted molar refractivity (Wildman–Crippen MR) is 65.9 cm³/mol. The van der Waals surface area contributed by atoms with Gasteiger partial charge < -0.3 is 20.7 Å². The van der Waals surface area contributed by atoms with E-state index < -0.39 is 19.3 Å². The van der Waals surface area contributed by atoms with E-state index in [4.69, 9.17) is 10.8 Å². The van der Waals surface area contributed by atoms with Gasteiger partial charge in [-0.3, -0.25) is 0 Å². The zero-order valence-electron chi connectivity index (χ0n) is 9.91. The van der Waals surface area contributed by atoms with Crippen LogP contribution in [0.5, 0.6) is 0 Å². The Bertz CT molecular complexity index is 567. The molecule has 0 unspecified atom stereocenters. The van der Waals surface area contributed by atoms with Crippen molar-refractivity contribution in [2.75, 3.05) is 30.3 Å². The molecule has 4 N–H and O–H groups in total. The summed E-state index contributed by atoms with van der Waals surface area (Å²) in [5.41, 5.74) is 7.16. The number of aromatic amines is 1. The molecule has 0 aliphatic rings. The topological polar surface area (TPSA) is 78.2 Å². The number of fused-ring (bicyclic) bond motifs is 1. The molecule has 2 rings (SSSR count). The van der Waals surface area contributed by atoms with E-state index in [0.29, 0.717) is 16.7 Å². The van der Waals surface area contributed by atoms with Gasteiger partial charge in [-0.1, -0.05) is 0 Å².